The van der Waals surface area contributed by atoms with E-state index in [9.17, 15) is 9.59 Å². The molecule has 1 heterocycles. The largest absolute Gasteiger partial charge is 0.480 e. The molecule has 1 aromatic heterocycles. The summed E-state index contributed by atoms with van der Waals surface area (Å²) in [6.07, 6.45) is 0.331. The van der Waals surface area contributed by atoms with E-state index >= 15 is 0 Å². The van der Waals surface area contributed by atoms with Gasteiger partial charge in [-0.3, -0.25) is 4.79 Å². The minimum atomic E-state index is -1.04. The van der Waals surface area contributed by atoms with E-state index in [1.807, 2.05) is 0 Å². The molecule has 0 fully saturated rings. The molecule has 6 heteroatoms. The highest BCUT2D eigenvalue weighted by Gasteiger charge is 2.20. The van der Waals surface area contributed by atoms with Gasteiger partial charge in [-0.25, -0.2) is 4.79 Å². The zero-order valence-electron chi connectivity index (χ0n) is 10.0. The van der Waals surface area contributed by atoms with Gasteiger partial charge in [-0.05, 0) is 26.3 Å². The van der Waals surface area contributed by atoms with Gasteiger partial charge in [0.25, 0.3) is 5.91 Å². The monoisotopic (exact) mass is 237 g/mol. The molecule has 0 spiro atoms. The van der Waals surface area contributed by atoms with E-state index in [-0.39, 0.29) is 0 Å². The summed E-state index contributed by atoms with van der Waals surface area (Å²) >= 11 is 0. The van der Waals surface area contributed by atoms with Crippen molar-refractivity contribution in [3.63, 3.8) is 0 Å². The van der Waals surface area contributed by atoms with Crippen LogP contribution < -0.4 is 5.32 Å². The Morgan fingerprint density at radius 1 is 1.41 bits per heavy atom. The normalized spacial score (nSPS) is 11.9. The van der Waals surface area contributed by atoms with Gasteiger partial charge in [0.1, 0.15) is 6.04 Å². The van der Waals surface area contributed by atoms with Crippen molar-refractivity contribution in [3.8, 4) is 0 Å². The predicted molar refractivity (Wildman–Crippen MR) is 60.7 cm³/mol. The van der Waals surface area contributed by atoms with Gasteiger partial charge in [-0.2, -0.15) is 10.2 Å². The lowest BCUT2D eigenvalue weighted by Gasteiger charge is -2.13. The Kier molecular flexibility index (Phi) is 4.14. The number of aliphatic carboxylic acids is 1. The zero-order chi connectivity index (χ0) is 13.0. The minimum Gasteiger partial charge on any atom is -0.480 e. The Morgan fingerprint density at radius 3 is 2.59 bits per heavy atom. The van der Waals surface area contributed by atoms with Crippen molar-refractivity contribution in [2.75, 3.05) is 0 Å². The van der Waals surface area contributed by atoms with Gasteiger partial charge < -0.3 is 10.4 Å². The van der Waals surface area contributed by atoms with Gasteiger partial charge in [0, 0.05) is 0 Å². The van der Waals surface area contributed by atoms with E-state index < -0.39 is 17.9 Å². The number of carbonyl (C=O) groups is 2. The van der Waals surface area contributed by atoms with Gasteiger partial charge in [-0.15, -0.1) is 0 Å². The van der Waals surface area contributed by atoms with E-state index in [0.717, 1.165) is 0 Å². The zero-order valence-corrected chi connectivity index (χ0v) is 10.0. The van der Waals surface area contributed by atoms with Crippen molar-refractivity contribution >= 4 is 11.9 Å². The number of carboxylic acids is 1. The molecule has 1 atom stereocenters. The molecule has 2 N–H and O–H groups in total. The number of hydrogen-bond acceptors (Lipinski definition) is 4. The number of aryl methyl sites for hydroxylation is 2. The molecular weight excluding hydrogens is 222 g/mol. The first-order valence-electron chi connectivity index (χ1n) is 5.30. The van der Waals surface area contributed by atoms with Gasteiger partial charge in [0.2, 0.25) is 0 Å². The second-order valence-electron chi connectivity index (χ2n) is 3.76. The Bertz CT molecular complexity index is 446. The first kappa shape index (κ1) is 13.1. The maximum Gasteiger partial charge on any atom is 0.326 e. The van der Waals surface area contributed by atoms with Crippen LogP contribution in [0.1, 0.15) is 35.1 Å². The lowest BCUT2D eigenvalue weighted by atomic mass is 10.1. The second-order valence-corrected chi connectivity index (χ2v) is 3.76. The molecule has 0 aliphatic rings. The van der Waals surface area contributed by atoms with Crippen LogP contribution >= 0.6 is 0 Å². The molecule has 6 nitrogen and oxygen atoms in total. The van der Waals surface area contributed by atoms with Crippen LogP contribution in [0.15, 0.2) is 6.07 Å². The molecule has 0 saturated carbocycles. The van der Waals surface area contributed by atoms with Crippen LogP contribution in [0.4, 0.5) is 0 Å². The third-order valence-electron chi connectivity index (χ3n) is 2.36. The maximum absolute atomic E-state index is 11.8. The predicted octanol–water partition coefficient (Wildman–Crippen LogP) is 0.686. The summed E-state index contributed by atoms with van der Waals surface area (Å²) < 4.78 is 0. The van der Waals surface area contributed by atoms with Crippen LogP contribution in [0.3, 0.4) is 0 Å². The van der Waals surface area contributed by atoms with Crippen LogP contribution in [0, 0.1) is 13.8 Å². The fourth-order valence-corrected chi connectivity index (χ4v) is 1.35. The summed E-state index contributed by atoms with van der Waals surface area (Å²) in [5.74, 6) is -1.48. The highest BCUT2D eigenvalue weighted by Crippen LogP contribution is 2.06. The third kappa shape index (κ3) is 3.24. The SMILES string of the molecule is CC[C@H](NC(=O)c1cc(C)nnc1C)C(=O)O. The van der Waals surface area contributed by atoms with Crippen molar-refractivity contribution in [2.24, 2.45) is 0 Å². The van der Waals surface area contributed by atoms with Crippen LogP contribution in [-0.2, 0) is 4.79 Å². The first-order valence-corrected chi connectivity index (χ1v) is 5.30. The molecule has 17 heavy (non-hydrogen) atoms. The fourth-order valence-electron chi connectivity index (χ4n) is 1.35. The molecule has 0 radical (unpaired) electrons. The number of carbonyl (C=O) groups excluding carboxylic acids is 1. The second kappa shape index (κ2) is 5.38. The van der Waals surface area contributed by atoms with E-state index in [0.29, 0.717) is 23.4 Å². The highest BCUT2D eigenvalue weighted by atomic mass is 16.4. The summed E-state index contributed by atoms with van der Waals surface area (Å²) in [6.45, 7) is 5.07. The van der Waals surface area contributed by atoms with E-state index in [1.165, 1.54) is 0 Å². The van der Waals surface area contributed by atoms with Crippen molar-refractivity contribution in [3.05, 3.63) is 23.0 Å². The first-order chi connectivity index (χ1) is 7.95. The lowest BCUT2D eigenvalue weighted by molar-refractivity contribution is -0.139. The van der Waals surface area contributed by atoms with E-state index in [4.69, 9.17) is 5.11 Å². The molecule has 92 valence electrons. The molecule has 1 aromatic rings. The summed E-state index contributed by atoms with van der Waals surface area (Å²) in [6, 6.07) is 0.710. The van der Waals surface area contributed by atoms with Crippen molar-refractivity contribution in [2.45, 2.75) is 33.2 Å². The number of aromatic nitrogens is 2. The number of nitrogens with one attached hydrogen (secondary N) is 1. The summed E-state index contributed by atoms with van der Waals surface area (Å²) in [5.41, 5.74) is 1.45. The molecule has 0 aromatic carbocycles. The van der Waals surface area contributed by atoms with Crippen LogP contribution in [0.25, 0.3) is 0 Å². The Labute approximate surface area is 99.1 Å². The smallest absolute Gasteiger partial charge is 0.326 e. The molecule has 0 saturated heterocycles. The van der Waals surface area contributed by atoms with Gasteiger partial charge in [0.15, 0.2) is 0 Å². The van der Waals surface area contributed by atoms with Gasteiger partial charge >= 0.3 is 5.97 Å². The van der Waals surface area contributed by atoms with Crippen LogP contribution in [0.2, 0.25) is 0 Å². The summed E-state index contributed by atoms with van der Waals surface area (Å²) in [4.78, 5) is 22.7. The third-order valence-corrected chi connectivity index (χ3v) is 2.36. The summed E-state index contributed by atoms with van der Waals surface area (Å²) in [5, 5.41) is 18.9. The molecule has 0 aliphatic heterocycles. The van der Waals surface area contributed by atoms with E-state index in [1.54, 1.807) is 26.8 Å². The number of carboxylic acid groups (broad SMARTS) is 1. The molecular formula is C11H15N3O3. The summed E-state index contributed by atoms with van der Waals surface area (Å²) in [7, 11) is 0. The van der Waals surface area contributed by atoms with Gasteiger partial charge in [-0.1, -0.05) is 6.92 Å². The average molecular weight is 237 g/mol. The average Bonchev–Trinajstić information content (AvgIpc) is 2.28. The number of rotatable bonds is 4. The quantitative estimate of drug-likeness (QED) is 0.803. The molecule has 0 aliphatic carbocycles. The number of nitrogens with zero attached hydrogens (tertiary/aromatic N) is 2. The Hall–Kier alpha value is -1.98. The standard InChI is InChI=1S/C11H15N3O3/c1-4-9(11(16)17)12-10(15)8-5-6(2)13-14-7(8)3/h5,9H,4H2,1-3H3,(H,12,15)(H,16,17)/t9-/m0/s1. The van der Waals surface area contributed by atoms with Crippen LogP contribution in [0.5, 0.6) is 0 Å². The molecule has 0 unspecified atom stereocenters. The van der Waals surface area contributed by atoms with Crippen LogP contribution in [-0.4, -0.2) is 33.2 Å². The van der Waals surface area contributed by atoms with Crippen molar-refractivity contribution in [1.29, 1.82) is 0 Å². The minimum absolute atomic E-state index is 0.331. The number of amides is 1. The highest BCUT2D eigenvalue weighted by molar-refractivity contribution is 5.97. The number of hydrogen-bond donors (Lipinski definition) is 2. The Balaban J connectivity index is 2.89. The molecule has 0 bridgehead atoms. The lowest BCUT2D eigenvalue weighted by Crippen LogP contribution is -2.40. The topological polar surface area (TPSA) is 92.2 Å². The van der Waals surface area contributed by atoms with Gasteiger partial charge in [0.05, 0.1) is 17.0 Å². The Morgan fingerprint density at radius 2 is 2.06 bits per heavy atom. The fraction of sp³-hybridized carbons (Fsp3) is 0.455. The van der Waals surface area contributed by atoms with Crippen molar-refractivity contribution < 1.29 is 14.7 Å². The van der Waals surface area contributed by atoms with Crippen molar-refractivity contribution in [1.82, 2.24) is 15.5 Å². The molecule has 1 amide bonds. The van der Waals surface area contributed by atoms with E-state index in [2.05, 4.69) is 15.5 Å². The maximum atomic E-state index is 11.8. The molecule has 1 rings (SSSR count).